The van der Waals surface area contributed by atoms with Crippen molar-refractivity contribution in [1.82, 2.24) is 5.32 Å². The van der Waals surface area contributed by atoms with E-state index in [4.69, 9.17) is 4.74 Å². The maximum absolute atomic E-state index is 5.43. The SMILES string of the molecule is COc1cccc2c1CCNC2C1CC1. The molecule has 1 fully saturated rings. The second-order valence-electron chi connectivity index (χ2n) is 4.55. The lowest BCUT2D eigenvalue weighted by atomic mass is 9.91. The fourth-order valence-electron chi connectivity index (χ4n) is 2.65. The van der Waals surface area contributed by atoms with E-state index in [9.17, 15) is 0 Å². The highest BCUT2D eigenvalue weighted by Crippen LogP contribution is 2.44. The topological polar surface area (TPSA) is 21.3 Å². The Labute approximate surface area is 90.6 Å². The van der Waals surface area contributed by atoms with Gasteiger partial charge in [-0.3, -0.25) is 0 Å². The minimum Gasteiger partial charge on any atom is -0.496 e. The summed E-state index contributed by atoms with van der Waals surface area (Å²) in [6.45, 7) is 1.09. The number of fused-ring (bicyclic) bond motifs is 1. The Kier molecular flexibility index (Phi) is 2.17. The van der Waals surface area contributed by atoms with Crippen LogP contribution in [0, 0.1) is 5.92 Å². The third-order valence-electron chi connectivity index (χ3n) is 3.56. The summed E-state index contributed by atoms with van der Waals surface area (Å²) in [6, 6.07) is 7.03. The molecule has 1 aromatic rings. The standard InChI is InChI=1S/C13H17NO/c1-15-12-4-2-3-11-10(12)7-8-14-13(11)9-5-6-9/h2-4,9,13-14H,5-8H2,1H3. The van der Waals surface area contributed by atoms with Crippen molar-refractivity contribution in [3.05, 3.63) is 29.3 Å². The van der Waals surface area contributed by atoms with Crippen LogP contribution in [0.15, 0.2) is 18.2 Å². The zero-order valence-electron chi connectivity index (χ0n) is 9.12. The van der Waals surface area contributed by atoms with Crippen LogP contribution in [0.3, 0.4) is 0 Å². The van der Waals surface area contributed by atoms with Crippen LogP contribution in [-0.2, 0) is 6.42 Å². The Morgan fingerprint density at radius 2 is 2.20 bits per heavy atom. The predicted molar refractivity (Wildman–Crippen MR) is 60.2 cm³/mol. The van der Waals surface area contributed by atoms with E-state index in [1.807, 2.05) is 0 Å². The fraction of sp³-hybridized carbons (Fsp3) is 0.538. The van der Waals surface area contributed by atoms with Crippen molar-refractivity contribution in [2.45, 2.75) is 25.3 Å². The molecule has 1 aromatic carbocycles. The number of nitrogens with one attached hydrogen (secondary N) is 1. The van der Waals surface area contributed by atoms with Crippen LogP contribution in [0.25, 0.3) is 0 Å². The molecule has 1 atom stereocenters. The number of methoxy groups -OCH3 is 1. The molecule has 0 bridgehead atoms. The highest BCUT2D eigenvalue weighted by Gasteiger charge is 2.35. The lowest BCUT2D eigenvalue weighted by molar-refractivity contribution is 0.395. The molecule has 2 heteroatoms. The molecule has 0 aromatic heterocycles. The molecule has 15 heavy (non-hydrogen) atoms. The van der Waals surface area contributed by atoms with Crippen LogP contribution in [-0.4, -0.2) is 13.7 Å². The molecular weight excluding hydrogens is 186 g/mol. The molecule has 1 aliphatic carbocycles. The van der Waals surface area contributed by atoms with Crippen molar-refractivity contribution in [1.29, 1.82) is 0 Å². The molecule has 0 radical (unpaired) electrons. The molecule has 2 nitrogen and oxygen atoms in total. The highest BCUT2D eigenvalue weighted by molar-refractivity contribution is 5.44. The van der Waals surface area contributed by atoms with Gasteiger partial charge in [0.05, 0.1) is 7.11 Å². The zero-order valence-corrected chi connectivity index (χ0v) is 9.12. The van der Waals surface area contributed by atoms with Crippen molar-refractivity contribution >= 4 is 0 Å². The number of hydrogen-bond donors (Lipinski definition) is 1. The average Bonchev–Trinajstić information content (AvgIpc) is 3.11. The van der Waals surface area contributed by atoms with E-state index in [2.05, 4.69) is 23.5 Å². The van der Waals surface area contributed by atoms with Gasteiger partial charge in [-0.25, -0.2) is 0 Å². The molecule has 1 aliphatic heterocycles. The summed E-state index contributed by atoms with van der Waals surface area (Å²) >= 11 is 0. The summed E-state index contributed by atoms with van der Waals surface area (Å²) in [5.41, 5.74) is 2.90. The first-order valence-corrected chi connectivity index (χ1v) is 5.79. The summed E-state index contributed by atoms with van der Waals surface area (Å²) in [7, 11) is 1.77. The molecular formula is C13H17NO. The molecule has 80 valence electrons. The largest absolute Gasteiger partial charge is 0.496 e. The third kappa shape index (κ3) is 1.53. The van der Waals surface area contributed by atoms with Gasteiger partial charge >= 0.3 is 0 Å². The van der Waals surface area contributed by atoms with Gasteiger partial charge in [-0.05, 0) is 43.4 Å². The minimum absolute atomic E-state index is 0.587. The molecule has 1 unspecified atom stereocenters. The molecule has 0 saturated heterocycles. The van der Waals surface area contributed by atoms with E-state index < -0.39 is 0 Å². The van der Waals surface area contributed by atoms with Gasteiger partial charge in [0, 0.05) is 11.6 Å². The second kappa shape index (κ2) is 3.53. The van der Waals surface area contributed by atoms with Gasteiger partial charge in [0.1, 0.15) is 5.75 Å². The number of benzene rings is 1. The van der Waals surface area contributed by atoms with Gasteiger partial charge in [-0.15, -0.1) is 0 Å². The molecule has 0 spiro atoms. The van der Waals surface area contributed by atoms with E-state index in [1.165, 1.54) is 24.0 Å². The molecule has 1 N–H and O–H groups in total. The van der Waals surface area contributed by atoms with Gasteiger partial charge in [-0.1, -0.05) is 12.1 Å². The second-order valence-corrected chi connectivity index (χ2v) is 4.55. The predicted octanol–water partition coefficient (Wildman–Crippen LogP) is 2.29. The fourth-order valence-corrected chi connectivity index (χ4v) is 2.65. The van der Waals surface area contributed by atoms with Crippen LogP contribution < -0.4 is 10.1 Å². The highest BCUT2D eigenvalue weighted by atomic mass is 16.5. The van der Waals surface area contributed by atoms with Crippen molar-refractivity contribution in [3.63, 3.8) is 0 Å². The summed E-state index contributed by atoms with van der Waals surface area (Å²) < 4.78 is 5.43. The van der Waals surface area contributed by atoms with Crippen molar-refractivity contribution < 1.29 is 4.74 Å². The quantitative estimate of drug-likeness (QED) is 0.796. The van der Waals surface area contributed by atoms with E-state index in [-0.39, 0.29) is 0 Å². The first-order valence-electron chi connectivity index (χ1n) is 5.79. The Balaban J connectivity index is 2.03. The normalized spacial score (nSPS) is 24.7. The summed E-state index contributed by atoms with van der Waals surface area (Å²) in [4.78, 5) is 0. The summed E-state index contributed by atoms with van der Waals surface area (Å²) in [6.07, 6.45) is 3.87. The van der Waals surface area contributed by atoms with Crippen molar-refractivity contribution in [2.24, 2.45) is 5.92 Å². The van der Waals surface area contributed by atoms with Gasteiger partial charge in [0.15, 0.2) is 0 Å². The molecule has 1 saturated carbocycles. The first kappa shape index (κ1) is 9.22. The summed E-state index contributed by atoms with van der Waals surface area (Å²) in [5, 5.41) is 3.63. The van der Waals surface area contributed by atoms with Crippen LogP contribution in [0.4, 0.5) is 0 Å². The van der Waals surface area contributed by atoms with Gasteiger partial charge in [-0.2, -0.15) is 0 Å². The van der Waals surface area contributed by atoms with Crippen molar-refractivity contribution in [2.75, 3.05) is 13.7 Å². The Morgan fingerprint density at radius 1 is 1.33 bits per heavy atom. The smallest absolute Gasteiger partial charge is 0.122 e. The lowest BCUT2D eigenvalue weighted by Crippen LogP contribution is -2.31. The van der Waals surface area contributed by atoms with Crippen molar-refractivity contribution in [3.8, 4) is 5.75 Å². The summed E-state index contributed by atoms with van der Waals surface area (Å²) in [5.74, 6) is 1.94. The lowest BCUT2D eigenvalue weighted by Gasteiger charge is -2.28. The minimum atomic E-state index is 0.587. The van der Waals surface area contributed by atoms with Gasteiger partial charge in [0.2, 0.25) is 0 Å². The van der Waals surface area contributed by atoms with Crippen LogP contribution in [0.5, 0.6) is 5.75 Å². The zero-order chi connectivity index (χ0) is 10.3. The third-order valence-corrected chi connectivity index (χ3v) is 3.56. The number of ether oxygens (including phenoxy) is 1. The Bertz CT molecular complexity index is 371. The van der Waals surface area contributed by atoms with Gasteiger partial charge < -0.3 is 10.1 Å². The molecule has 3 rings (SSSR count). The number of hydrogen-bond acceptors (Lipinski definition) is 2. The maximum Gasteiger partial charge on any atom is 0.122 e. The Morgan fingerprint density at radius 3 is 2.93 bits per heavy atom. The van der Waals surface area contributed by atoms with E-state index in [0.29, 0.717) is 6.04 Å². The molecule has 1 heterocycles. The Hall–Kier alpha value is -1.02. The van der Waals surface area contributed by atoms with E-state index in [1.54, 1.807) is 7.11 Å². The average molecular weight is 203 g/mol. The molecule has 0 amide bonds. The number of rotatable bonds is 2. The van der Waals surface area contributed by atoms with Crippen LogP contribution in [0.2, 0.25) is 0 Å². The molecule has 2 aliphatic rings. The van der Waals surface area contributed by atoms with Crippen LogP contribution in [0.1, 0.15) is 30.0 Å². The first-order chi connectivity index (χ1) is 7.40. The van der Waals surface area contributed by atoms with E-state index >= 15 is 0 Å². The van der Waals surface area contributed by atoms with Crippen LogP contribution >= 0.6 is 0 Å². The maximum atomic E-state index is 5.43. The monoisotopic (exact) mass is 203 g/mol. The van der Waals surface area contributed by atoms with Gasteiger partial charge in [0.25, 0.3) is 0 Å². The van der Waals surface area contributed by atoms with E-state index in [0.717, 1.165) is 24.6 Å².